The van der Waals surface area contributed by atoms with Gasteiger partial charge in [-0.2, -0.15) is 0 Å². The average molecular weight is 369 g/mol. The Kier molecular flexibility index (Phi) is 4.90. The molecule has 0 aliphatic heterocycles. The summed E-state index contributed by atoms with van der Waals surface area (Å²) in [7, 11) is 1.32. The van der Waals surface area contributed by atoms with Gasteiger partial charge in [0.25, 0.3) is 0 Å². The lowest BCUT2D eigenvalue weighted by Crippen LogP contribution is -2.10. The minimum Gasteiger partial charge on any atom is -0.465 e. The molecule has 0 unspecified atom stereocenters. The maximum atomic E-state index is 12.3. The van der Waals surface area contributed by atoms with Crippen LogP contribution in [0.1, 0.15) is 32.2 Å². The topological polar surface area (TPSA) is 72.7 Å². The summed E-state index contributed by atoms with van der Waals surface area (Å²) in [5.74, 6) is -0.724. The number of nitrogens with one attached hydrogen (secondary N) is 1. The fourth-order valence-corrected chi connectivity index (χ4v) is 3.49. The van der Waals surface area contributed by atoms with Gasteiger partial charge in [0.05, 0.1) is 24.1 Å². The molecule has 0 spiro atoms. The van der Waals surface area contributed by atoms with Gasteiger partial charge < -0.3 is 10.1 Å². The maximum Gasteiger partial charge on any atom is 0.337 e. The predicted molar refractivity (Wildman–Crippen MR) is 103 cm³/mol. The van der Waals surface area contributed by atoms with E-state index in [1.54, 1.807) is 35.6 Å². The first kappa shape index (κ1) is 17.9. The third-order valence-corrected chi connectivity index (χ3v) is 4.87. The fraction of sp³-hybridized carbons (Fsp3) is 0.211. The molecular weight excluding hydrogens is 350 g/mol. The Labute approximate surface area is 155 Å². The van der Waals surface area contributed by atoms with E-state index in [4.69, 9.17) is 4.74 Å². The Morgan fingerprint density at radius 2 is 2.04 bits per heavy atom. The van der Waals surface area contributed by atoms with E-state index in [9.17, 15) is 9.59 Å². The van der Waals surface area contributed by atoms with Crippen molar-refractivity contribution in [3.05, 3.63) is 57.9 Å². The molecule has 0 bridgehead atoms. The Morgan fingerprint density at radius 3 is 2.77 bits per heavy atom. The SMILES string of the molecule is COC(=O)c1ccc(C)c(NC(=O)/C=C/c2c(C)nc3sc(C)cn23)c1. The number of hydrogen-bond donors (Lipinski definition) is 1. The first-order chi connectivity index (χ1) is 12.4. The second-order valence-electron chi connectivity index (χ2n) is 5.92. The van der Waals surface area contributed by atoms with Gasteiger partial charge in [0.2, 0.25) is 5.91 Å². The lowest BCUT2D eigenvalue weighted by Gasteiger charge is -2.08. The highest BCUT2D eigenvalue weighted by Crippen LogP contribution is 2.22. The molecule has 1 amide bonds. The smallest absolute Gasteiger partial charge is 0.337 e. The second-order valence-corrected chi connectivity index (χ2v) is 7.13. The van der Waals surface area contributed by atoms with Crippen LogP contribution in [0.3, 0.4) is 0 Å². The number of benzene rings is 1. The number of esters is 1. The van der Waals surface area contributed by atoms with Crippen molar-refractivity contribution in [2.24, 2.45) is 0 Å². The van der Waals surface area contributed by atoms with E-state index >= 15 is 0 Å². The summed E-state index contributed by atoms with van der Waals surface area (Å²) >= 11 is 1.61. The minimum absolute atomic E-state index is 0.281. The number of thiazole rings is 1. The van der Waals surface area contributed by atoms with E-state index in [0.717, 1.165) is 26.8 Å². The summed E-state index contributed by atoms with van der Waals surface area (Å²) in [5.41, 5.74) is 3.56. The van der Waals surface area contributed by atoms with Crippen molar-refractivity contribution >= 4 is 39.9 Å². The van der Waals surface area contributed by atoms with Gasteiger partial charge in [-0.25, -0.2) is 9.78 Å². The Hall–Kier alpha value is -2.93. The molecule has 6 nitrogen and oxygen atoms in total. The first-order valence-electron chi connectivity index (χ1n) is 8.02. The molecule has 0 atom stereocenters. The van der Waals surface area contributed by atoms with Crippen LogP contribution < -0.4 is 5.32 Å². The van der Waals surface area contributed by atoms with Crippen LogP contribution in [-0.4, -0.2) is 28.4 Å². The molecule has 2 aromatic heterocycles. The van der Waals surface area contributed by atoms with E-state index in [2.05, 4.69) is 10.3 Å². The molecule has 3 aromatic rings. The van der Waals surface area contributed by atoms with Crippen LogP contribution in [0.2, 0.25) is 0 Å². The zero-order valence-electron chi connectivity index (χ0n) is 15.0. The monoisotopic (exact) mass is 369 g/mol. The quantitative estimate of drug-likeness (QED) is 0.561. The van der Waals surface area contributed by atoms with Crippen LogP contribution >= 0.6 is 11.3 Å². The van der Waals surface area contributed by atoms with E-state index in [0.29, 0.717) is 11.3 Å². The van der Waals surface area contributed by atoms with Crippen LogP contribution in [0.4, 0.5) is 5.69 Å². The zero-order valence-corrected chi connectivity index (χ0v) is 15.8. The summed E-state index contributed by atoms with van der Waals surface area (Å²) in [6.45, 7) is 5.79. The fourth-order valence-electron chi connectivity index (χ4n) is 2.61. The molecule has 3 rings (SSSR count). The van der Waals surface area contributed by atoms with Gasteiger partial charge in [-0.05, 0) is 44.5 Å². The summed E-state index contributed by atoms with van der Waals surface area (Å²) in [6.07, 6.45) is 5.21. The molecule has 26 heavy (non-hydrogen) atoms. The number of imidazole rings is 1. The Morgan fingerprint density at radius 1 is 1.27 bits per heavy atom. The number of anilines is 1. The predicted octanol–water partition coefficient (Wildman–Crippen LogP) is 3.76. The standard InChI is InChI=1S/C19H19N3O3S/c1-11-5-6-14(18(24)25-4)9-15(11)21-17(23)8-7-16-13(3)20-19-22(16)10-12(2)26-19/h5-10H,1-4H3,(H,21,23)/b8-7+. The summed E-state index contributed by atoms with van der Waals surface area (Å²) < 4.78 is 6.69. The summed E-state index contributed by atoms with van der Waals surface area (Å²) in [4.78, 5) is 30.5. The van der Waals surface area contributed by atoms with Crippen molar-refractivity contribution in [2.75, 3.05) is 12.4 Å². The normalized spacial score (nSPS) is 11.2. The number of hydrogen-bond acceptors (Lipinski definition) is 5. The molecule has 1 N–H and O–H groups in total. The Balaban J connectivity index is 1.81. The number of fused-ring (bicyclic) bond motifs is 1. The van der Waals surface area contributed by atoms with Gasteiger partial charge in [-0.3, -0.25) is 9.20 Å². The molecule has 0 saturated heterocycles. The number of aromatic nitrogens is 2. The number of carbonyl (C=O) groups is 2. The lowest BCUT2D eigenvalue weighted by atomic mass is 10.1. The number of nitrogens with zero attached hydrogens (tertiary/aromatic N) is 2. The van der Waals surface area contributed by atoms with Gasteiger partial charge >= 0.3 is 5.97 Å². The highest BCUT2D eigenvalue weighted by Gasteiger charge is 2.11. The molecule has 2 heterocycles. The van der Waals surface area contributed by atoms with E-state index in [-0.39, 0.29) is 5.91 Å². The third kappa shape index (κ3) is 3.52. The molecule has 0 fully saturated rings. The zero-order chi connectivity index (χ0) is 18.8. The van der Waals surface area contributed by atoms with Crippen molar-refractivity contribution < 1.29 is 14.3 Å². The Bertz CT molecular complexity index is 1030. The van der Waals surface area contributed by atoms with Crippen LogP contribution in [0.5, 0.6) is 0 Å². The molecule has 1 aromatic carbocycles. The van der Waals surface area contributed by atoms with Gasteiger partial charge in [0, 0.05) is 22.8 Å². The second kappa shape index (κ2) is 7.13. The van der Waals surface area contributed by atoms with Crippen LogP contribution in [-0.2, 0) is 9.53 Å². The summed E-state index contributed by atoms with van der Waals surface area (Å²) in [5, 5.41) is 2.80. The number of rotatable bonds is 4. The van der Waals surface area contributed by atoms with Crippen molar-refractivity contribution in [1.82, 2.24) is 9.38 Å². The number of methoxy groups -OCH3 is 1. The molecule has 7 heteroatoms. The van der Waals surface area contributed by atoms with Gasteiger partial charge in [0.15, 0.2) is 4.96 Å². The largest absolute Gasteiger partial charge is 0.465 e. The van der Waals surface area contributed by atoms with E-state index < -0.39 is 5.97 Å². The maximum absolute atomic E-state index is 12.3. The van der Waals surface area contributed by atoms with Crippen LogP contribution in [0.25, 0.3) is 11.0 Å². The molecule has 0 radical (unpaired) electrons. The summed E-state index contributed by atoms with van der Waals surface area (Å²) in [6, 6.07) is 5.04. The van der Waals surface area contributed by atoms with Gasteiger partial charge in [-0.1, -0.05) is 6.07 Å². The molecule has 0 aliphatic carbocycles. The molecular formula is C19H19N3O3S. The van der Waals surface area contributed by atoms with Crippen molar-refractivity contribution in [2.45, 2.75) is 20.8 Å². The minimum atomic E-state index is -0.443. The van der Waals surface area contributed by atoms with E-state index in [1.165, 1.54) is 13.2 Å². The van der Waals surface area contributed by atoms with Crippen molar-refractivity contribution in [3.63, 3.8) is 0 Å². The number of ether oxygens (including phenoxy) is 1. The van der Waals surface area contributed by atoms with Crippen molar-refractivity contribution in [3.8, 4) is 0 Å². The number of carbonyl (C=O) groups excluding carboxylic acids is 2. The van der Waals surface area contributed by atoms with Gasteiger partial charge in [-0.15, -0.1) is 11.3 Å². The van der Waals surface area contributed by atoms with Gasteiger partial charge in [0.1, 0.15) is 0 Å². The highest BCUT2D eigenvalue weighted by molar-refractivity contribution is 7.17. The lowest BCUT2D eigenvalue weighted by molar-refractivity contribution is -0.111. The average Bonchev–Trinajstić information content (AvgIpc) is 3.09. The van der Waals surface area contributed by atoms with E-state index in [1.807, 2.05) is 31.4 Å². The molecule has 0 aliphatic rings. The molecule has 0 saturated carbocycles. The van der Waals surface area contributed by atoms with Crippen LogP contribution in [0.15, 0.2) is 30.5 Å². The van der Waals surface area contributed by atoms with Crippen LogP contribution in [0, 0.1) is 20.8 Å². The highest BCUT2D eigenvalue weighted by atomic mass is 32.1. The molecule has 134 valence electrons. The third-order valence-electron chi connectivity index (χ3n) is 3.97. The number of amides is 1. The van der Waals surface area contributed by atoms with Crippen molar-refractivity contribution in [1.29, 1.82) is 0 Å². The first-order valence-corrected chi connectivity index (χ1v) is 8.84. The number of aryl methyl sites for hydroxylation is 3.